The number of benzene rings is 2. The maximum Gasteiger partial charge on any atom is 0.291 e. The molecule has 0 saturated carbocycles. The number of hydrogen-bond donors (Lipinski definition) is 2. The number of carbonyl (C=O) groups excluding carboxylic acids is 2. The van der Waals surface area contributed by atoms with Crippen molar-refractivity contribution in [2.75, 3.05) is 5.32 Å². The average molecular weight is 436 g/mol. The van der Waals surface area contributed by atoms with Crippen molar-refractivity contribution in [3.05, 3.63) is 87.3 Å². The van der Waals surface area contributed by atoms with Gasteiger partial charge in [-0.2, -0.15) is 5.10 Å². The summed E-state index contributed by atoms with van der Waals surface area (Å²) in [7, 11) is 0. The van der Waals surface area contributed by atoms with E-state index in [9.17, 15) is 9.59 Å². The summed E-state index contributed by atoms with van der Waals surface area (Å²) in [4.78, 5) is 25.2. The lowest BCUT2D eigenvalue weighted by Crippen LogP contribution is -2.22. The minimum atomic E-state index is -0.347. The van der Waals surface area contributed by atoms with Crippen molar-refractivity contribution in [3.8, 4) is 0 Å². The van der Waals surface area contributed by atoms with Crippen molar-refractivity contribution < 1.29 is 14.0 Å². The van der Waals surface area contributed by atoms with Gasteiger partial charge in [0.05, 0.1) is 5.71 Å². The number of aryl methyl sites for hydroxylation is 2. The summed E-state index contributed by atoms with van der Waals surface area (Å²) in [5.74, 6) is 0.327. The van der Waals surface area contributed by atoms with E-state index in [1.54, 1.807) is 24.3 Å². The van der Waals surface area contributed by atoms with Crippen LogP contribution < -0.4 is 10.7 Å². The zero-order chi connectivity index (χ0) is 22.0. The molecular weight excluding hydrogens is 414 g/mol. The van der Waals surface area contributed by atoms with Crippen LogP contribution in [-0.4, -0.2) is 17.5 Å². The van der Waals surface area contributed by atoms with Crippen LogP contribution in [0.2, 0.25) is 5.02 Å². The Bertz CT molecular complexity index is 1180. The third-order valence-electron chi connectivity index (χ3n) is 5.22. The first kappa shape index (κ1) is 20.9. The molecule has 1 aliphatic carbocycles. The summed E-state index contributed by atoms with van der Waals surface area (Å²) in [6.07, 6.45) is 2.22. The zero-order valence-electron chi connectivity index (χ0n) is 17.3. The fourth-order valence-electron chi connectivity index (χ4n) is 3.63. The van der Waals surface area contributed by atoms with E-state index in [1.165, 1.54) is 0 Å². The van der Waals surface area contributed by atoms with Gasteiger partial charge >= 0.3 is 0 Å². The summed E-state index contributed by atoms with van der Waals surface area (Å²) < 4.78 is 5.91. The highest BCUT2D eigenvalue weighted by molar-refractivity contribution is 6.31. The van der Waals surface area contributed by atoms with Gasteiger partial charge in [-0.05, 0) is 57.0 Å². The fraction of sp³-hybridized carbons (Fsp3) is 0.208. The summed E-state index contributed by atoms with van der Waals surface area (Å²) in [6, 6.07) is 14.2. The molecule has 1 heterocycles. The van der Waals surface area contributed by atoms with Crippen LogP contribution in [0.5, 0.6) is 0 Å². The first-order valence-corrected chi connectivity index (χ1v) is 10.4. The molecule has 31 heavy (non-hydrogen) atoms. The van der Waals surface area contributed by atoms with Crippen LogP contribution in [0.4, 0.5) is 5.69 Å². The topological polar surface area (TPSA) is 83.7 Å². The number of amides is 2. The molecule has 0 saturated heterocycles. The standard InChI is InChI=1S/C24H22ClN3O3/c1-14-9-11-18(12-10-14)26-24(30)22-15(2)21-19(7-4-8-20(21)31-22)27-28-23(29)16-5-3-6-17(25)13-16/h3,5-6,9-13H,4,7-8H2,1-2H3,(H,26,30)(H,28,29)/b27-19+. The molecule has 0 radical (unpaired) electrons. The number of furan rings is 1. The van der Waals surface area contributed by atoms with Crippen molar-refractivity contribution in [1.82, 2.24) is 5.43 Å². The number of anilines is 1. The molecule has 0 fully saturated rings. The molecule has 158 valence electrons. The molecule has 7 heteroatoms. The van der Waals surface area contributed by atoms with E-state index in [4.69, 9.17) is 16.0 Å². The maximum atomic E-state index is 12.8. The SMILES string of the molecule is Cc1ccc(NC(=O)c2oc3c(c2C)/C(=N/NC(=O)c2cccc(Cl)c2)CCC3)cc1. The van der Waals surface area contributed by atoms with E-state index in [1.807, 2.05) is 38.1 Å². The number of hydrogen-bond acceptors (Lipinski definition) is 4. The van der Waals surface area contributed by atoms with Crippen LogP contribution in [0.25, 0.3) is 0 Å². The van der Waals surface area contributed by atoms with E-state index in [0.717, 1.165) is 29.5 Å². The summed E-state index contributed by atoms with van der Waals surface area (Å²) in [6.45, 7) is 3.83. The van der Waals surface area contributed by atoms with Gasteiger partial charge in [-0.25, -0.2) is 5.43 Å². The number of carbonyl (C=O) groups is 2. The highest BCUT2D eigenvalue weighted by Crippen LogP contribution is 2.30. The Morgan fingerprint density at radius 2 is 1.81 bits per heavy atom. The number of fused-ring (bicyclic) bond motifs is 1. The van der Waals surface area contributed by atoms with Gasteiger partial charge in [0.1, 0.15) is 5.76 Å². The predicted octanol–water partition coefficient (Wildman–Crippen LogP) is 5.27. The number of nitrogens with one attached hydrogen (secondary N) is 2. The van der Waals surface area contributed by atoms with Crippen molar-refractivity contribution in [1.29, 1.82) is 0 Å². The van der Waals surface area contributed by atoms with Crippen LogP contribution in [0.1, 0.15) is 56.2 Å². The molecule has 2 aromatic carbocycles. The van der Waals surface area contributed by atoms with Gasteiger partial charge < -0.3 is 9.73 Å². The lowest BCUT2D eigenvalue weighted by atomic mass is 9.93. The second kappa shape index (κ2) is 8.78. The maximum absolute atomic E-state index is 12.8. The highest BCUT2D eigenvalue weighted by atomic mass is 35.5. The quantitative estimate of drug-likeness (QED) is 0.547. The highest BCUT2D eigenvalue weighted by Gasteiger charge is 2.28. The molecule has 0 unspecified atom stereocenters. The van der Waals surface area contributed by atoms with Crippen LogP contribution in [0, 0.1) is 13.8 Å². The summed E-state index contributed by atoms with van der Waals surface area (Å²) in [5, 5.41) is 7.69. The van der Waals surface area contributed by atoms with Crippen LogP contribution in [-0.2, 0) is 6.42 Å². The van der Waals surface area contributed by atoms with Gasteiger partial charge in [-0.3, -0.25) is 9.59 Å². The second-order valence-electron chi connectivity index (χ2n) is 7.54. The van der Waals surface area contributed by atoms with Crippen LogP contribution >= 0.6 is 11.6 Å². The molecule has 1 aromatic heterocycles. The largest absolute Gasteiger partial charge is 0.455 e. The van der Waals surface area contributed by atoms with Crippen molar-refractivity contribution in [2.45, 2.75) is 33.1 Å². The molecule has 3 aromatic rings. The van der Waals surface area contributed by atoms with Gasteiger partial charge in [-0.1, -0.05) is 35.4 Å². The Morgan fingerprint density at radius 3 is 2.55 bits per heavy atom. The molecule has 2 amide bonds. The number of nitrogens with zero attached hydrogens (tertiary/aromatic N) is 1. The Hall–Kier alpha value is -3.38. The minimum absolute atomic E-state index is 0.265. The zero-order valence-corrected chi connectivity index (χ0v) is 18.0. The van der Waals surface area contributed by atoms with E-state index in [0.29, 0.717) is 34.2 Å². The fourth-order valence-corrected chi connectivity index (χ4v) is 3.82. The lowest BCUT2D eigenvalue weighted by molar-refractivity contribution is 0.0953. The number of rotatable bonds is 4. The molecule has 2 N–H and O–H groups in total. The smallest absolute Gasteiger partial charge is 0.291 e. The van der Waals surface area contributed by atoms with Gasteiger partial charge in [0.2, 0.25) is 0 Å². The van der Waals surface area contributed by atoms with Crippen LogP contribution in [0.3, 0.4) is 0 Å². The van der Waals surface area contributed by atoms with Crippen LogP contribution in [0.15, 0.2) is 58.0 Å². The minimum Gasteiger partial charge on any atom is -0.455 e. The van der Waals surface area contributed by atoms with Gasteiger partial charge in [-0.15, -0.1) is 0 Å². The first-order valence-electron chi connectivity index (χ1n) is 10.1. The Labute approximate surface area is 185 Å². The summed E-state index contributed by atoms with van der Waals surface area (Å²) in [5.41, 5.74) is 7.05. The van der Waals surface area contributed by atoms with E-state index in [-0.39, 0.29) is 17.6 Å². The van der Waals surface area contributed by atoms with E-state index >= 15 is 0 Å². The van der Waals surface area contributed by atoms with Gasteiger partial charge in [0.15, 0.2) is 5.76 Å². The molecule has 0 spiro atoms. The normalized spacial score (nSPS) is 14.2. The molecule has 4 rings (SSSR count). The molecule has 6 nitrogen and oxygen atoms in total. The molecule has 0 bridgehead atoms. The Balaban J connectivity index is 1.56. The van der Waals surface area contributed by atoms with E-state index in [2.05, 4.69) is 15.8 Å². The molecule has 0 aliphatic heterocycles. The molecular formula is C24H22ClN3O3. The second-order valence-corrected chi connectivity index (χ2v) is 7.97. The molecule has 1 aliphatic rings. The summed E-state index contributed by atoms with van der Waals surface area (Å²) >= 11 is 5.96. The number of halogens is 1. The van der Waals surface area contributed by atoms with Gasteiger partial charge in [0.25, 0.3) is 11.8 Å². The molecule has 0 atom stereocenters. The predicted molar refractivity (Wildman–Crippen MR) is 121 cm³/mol. The third kappa shape index (κ3) is 4.54. The van der Waals surface area contributed by atoms with Crippen molar-refractivity contribution in [2.24, 2.45) is 5.10 Å². The van der Waals surface area contributed by atoms with Gasteiger partial charge in [0, 0.05) is 33.8 Å². The average Bonchev–Trinajstić information content (AvgIpc) is 3.11. The monoisotopic (exact) mass is 435 g/mol. The Morgan fingerprint density at radius 1 is 1.03 bits per heavy atom. The number of hydrazone groups is 1. The van der Waals surface area contributed by atoms with Crippen molar-refractivity contribution >= 4 is 34.8 Å². The lowest BCUT2D eigenvalue weighted by Gasteiger charge is -2.13. The Kier molecular flexibility index (Phi) is 5.91. The first-order chi connectivity index (χ1) is 14.9. The van der Waals surface area contributed by atoms with Crippen molar-refractivity contribution in [3.63, 3.8) is 0 Å². The third-order valence-corrected chi connectivity index (χ3v) is 5.46. The van der Waals surface area contributed by atoms with E-state index < -0.39 is 0 Å².